The largest absolute Gasteiger partial charge is 0.134 e. The van der Waals surface area contributed by atoms with Crippen molar-refractivity contribution in [3.05, 3.63) is 120 Å². The third-order valence-corrected chi connectivity index (χ3v) is 6.94. The molecule has 0 aliphatic carbocycles. The van der Waals surface area contributed by atoms with Gasteiger partial charge in [0.2, 0.25) is 0 Å². The Bertz CT molecular complexity index is 1270. The first kappa shape index (κ1) is 19.0. The molecule has 0 spiro atoms. The van der Waals surface area contributed by atoms with Gasteiger partial charge >= 0.3 is 0 Å². The van der Waals surface area contributed by atoms with Crippen molar-refractivity contribution in [3.63, 3.8) is 0 Å². The lowest BCUT2D eigenvalue weighted by Gasteiger charge is -2.11. The molecule has 0 aliphatic rings. The van der Waals surface area contributed by atoms with Crippen LogP contribution in [-0.4, -0.2) is 0 Å². The van der Waals surface area contributed by atoms with Gasteiger partial charge in [-0.15, -0.1) is 11.3 Å². The van der Waals surface area contributed by atoms with Crippen LogP contribution in [0, 0.1) is 0 Å². The van der Waals surface area contributed by atoms with Crippen molar-refractivity contribution in [1.29, 1.82) is 0 Å². The minimum Gasteiger partial charge on any atom is -0.134 e. The highest BCUT2D eigenvalue weighted by Crippen LogP contribution is 2.52. The van der Waals surface area contributed by atoms with Crippen LogP contribution in [0.2, 0.25) is 0 Å². The van der Waals surface area contributed by atoms with Gasteiger partial charge in [0.25, 0.3) is 0 Å². The molecule has 5 rings (SSSR count). The number of halogens is 1. The molecule has 0 fully saturated rings. The molecule has 0 N–H and O–H groups in total. The van der Waals surface area contributed by atoms with Crippen molar-refractivity contribution in [1.82, 2.24) is 0 Å². The van der Waals surface area contributed by atoms with Gasteiger partial charge in [0.1, 0.15) is 0 Å². The first-order valence-corrected chi connectivity index (χ1v) is 11.5. The smallest absolute Gasteiger partial charge is 0.0434 e. The molecule has 0 radical (unpaired) electrons. The fourth-order valence-electron chi connectivity index (χ4n) is 3.82. The molecule has 5 aromatic rings. The number of benzene rings is 4. The fraction of sp³-hybridized carbons (Fsp3) is 0. The lowest BCUT2D eigenvalue weighted by molar-refractivity contribution is 1.60. The van der Waals surface area contributed by atoms with Gasteiger partial charge in [0.15, 0.2) is 0 Å². The Labute approximate surface area is 189 Å². The maximum absolute atomic E-state index is 3.66. The molecule has 1 aromatic heterocycles. The molecule has 0 bridgehead atoms. The third-order valence-electron chi connectivity index (χ3n) is 5.16. The Balaban J connectivity index is 1.89. The maximum atomic E-state index is 3.66. The zero-order valence-corrected chi connectivity index (χ0v) is 18.7. The van der Waals surface area contributed by atoms with E-state index in [1.807, 2.05) is 11.3 Å². The van der Waals surface area contributed by atoms with E-state index in [2.05, 4.69) is 131 Å². The van der Waals surface area contributed by atoms with E-state index < -0.39 is 0 Å². The zero-order valence-electron chi connectivity index (χ0n) is 16.3. The van der Waals surface area contributed by atoms with Gasteiger partial charge in [0.05, 0.1) is 0 Å². The average Bonchev–Trinajstić information content (AvgIpc) is 3.22. The second-order valence-corrected chi connectivity index (χ2v) is 9.06. The summed E-state index contributed by atoms with van der Waals surface area (Å²) in [4.78, 5) is 2.59. The molecule has 0 unspecified atom stereocenters. The Morgan fingerprint density at radius 3 is 1.37 bits per heavy atom. The van der Waals surface area contributed by atoms with E-state index in [9.17, 15) is 0 Å². The van der Waals surface area contributed by atoms with Crippen LogP contribution in [-0.2, 0) is 0 Å². The summed E-state index contributed by atoms with van der Waals surface area (Å²) in [6.07, 6.45) is 0. The molecular weight excluding hydrogens is 448 g/mol. The quantitative estimate of drug-likeness (QED) is 0.247. The van der Waals surface area contributed by atoms with Crippen LogP contribution in [0.3, 0.4) is 0 Å². The summed E-state index contributed by atoms with van der Waals surface area (Å²) in [6, 6.07) is 40.8. The summed E-state index contributed by atoms with van der Waals surface area (Å²) in [7, 11) is 0. The highest BCUT2D eigenvalue weighted by atomic mass is 79.9. The van der Waals surface area contributed by atoms with Gasteiger partial charge in [-0.05, 0) is 34.4 Å². The van der Waals surface area contributed by atoms with E-state index in [-0.39, 0.29) is 0 Å². The Kier molecular flexibility index (Phi) is 5.35. The molecular formula is C28H19BrS. The molecule has 4 aromatic carbocycles. The van der Waals surface area contributed by atoms with Crippen molar-refractivity contribution in [2.75, 3.05) is 0 Å². The number of hydrogen-bond acceptors (Lipinski definition) is 1. The standard InChI is InChI=1S/C28H19BrS/c29-24-18-10-17-23(19-24)28-26(21-13-6-2-7-14-21)25(20-11-4-1-5-12-20)27(30-28)22-15-8-3-9-16-22/h1-19H. The summed E-state index contributed by atoms with van der Waals surface area (Å²) in [6.45, 7) is 0. The van der Waals surface area contributed by atoms with Crippen molar-refractivity contribution in [3.8, 4) is 43.1 Å². The van der Waals surface area contributed by atoms with Gasteiger partial charge < -0.3 is 0 Å². The van der Waals surface area contributed by atoms with E-state index >= 15 is 0 Å². The molecule has 0 atom stereocenters. The molecule has 0 nitrogen and oxygen atoms in total. The summed E-state index contributed by atoms with van der Waals surface area (Å²) in [5.41, 5.74) is 7.56. The Morgan fingerprint density at radius 1 is 0.433 bits per heavy atom. The van der Waals surface area contributed by atoms with Crippen LogP contribution in [0.4, 0.5) is 0 Å². The summed E-state index contributed by atoms with van der Waals surface area (Å²) >= 11 is 5.53. The minimum atomic E-state index is 1.09. The summed E-state index contributed by atoms with van der Waals surface area (Å²) < 4.78 is 1.09. The Hall–Kier alpha value is -2.94. The molecule has 1 heterocycles. The summed E-state index contributed by atoms with van der Waals surface area (Å²) in [5, 5.41) is 0. The van der Waals surface area contributed by atoms with Crippen molar-refractivity contribution in [2.24, 2.45) is 0 Å². The maximum Gasteiger partial charge on any atom is 0.0434 e. The first-order chi connectivity index (χ1) is 14.8. The van der Waals surface area contributed by atoms with Crippen LogP contribution in [0.15, 0.2) is 120 Å². The average molecular weight is 467 g/mol. The lowest BCUT2D eigenvalue weighted by atomic mass is 9.91. The van der Waals surface area contributed by atoms with E-state index in [0.29, 0.717) is 0 Å². The number of thiophene rings is 1. The van der Waals surface area contributed by atoms with E-state index in [0.717, 1.165) is 4.47 Å². The number of hydrogen-bond donors (Lipinski definition) is 0. The van der Waals surface area contributed by atoms with Gasteiger partial charge in [-0.1, -0.05) is 119 Å². The van der Waals surface area contributed by atoms with Crippen molar-refractivity contribution >= 4 is 27.3 Å². The normalized spacial score (nSPS) is 10.8. The molecule has 30 heavy (non-hydrogen) atoms. The monoisotopic (exact) mass is 466 g/mol. The van der Waals surface area contributed by atoms with E-state index in [1.54, 1.807) is 0 Å². The van der Waals surface area contributed by atoms with E-state index in [4.69, 9.17) is 0 Å². The van der Waals surface area contributed by atoms with Crippen LogP contribution >= 0.6 is 27.3 Å². The van der Waals surface area contributed by atoms with Crippen molar-refractivity contribution in [2.45, 2.75) is 0 Å². The third kappa shape index (κ3) is 3.65. The van der Waals surface area contributed by atoms with Gasteiger partial charge in [0, 0.05) is 25.4 Å². The van der Waals surface area contributed by atoms with Crippen LogP contribution in [0.25, 0.3) is 43.1 Å². The van der Waals surface area contributed by atoms with E-state index in [1.165, 1.54) is 43.1 Å². The first-order valence-electron chi connectivity index (χ1n) is 9.90. The predicted octanol–water partition coefficient (Wildman–Crippen LogP) is 9.18. The molecule has 0 saturated carbocycles. The lowest BCUT2D eigenvalue weighted by Crippen LogP contribution is -1.85. The Morgan fingerprint density at radius 2 is 0.867 bits per heavy atom. The van der Waals surface area contributed by atoms with Gasteiger partial charge in [-0.3, -0.25) is 0 Å². The fourth-order valence-corrected chi connectivity index (χ4v) is 5.56. The summed E-state index contributed by atoms with van der Waals surface area (Å²) in [5.74, 6) is 0. The second-order valence-electron chi connectivity index (χ2n) is 7.12. The van der Waals surface area contributed by atoms with Crippen LogP contribution < -0.4 is 0 Å². The van der Waals surface area contributed by atoms with Gasteiger partial charge in [-0.25, -0.2) is 0 Å². The van der Waals surface area contributed by atoms with Crippen molar-refractivity contribution < 1.29 is 0 Å². The number of rotatable bonds is 4. The SMILES string of the molecule is Brc1cccc(-c2sc(-c3ccccc3)c(-c3ccccc3)c2-c2ccccc2)c1. The highest BCUT2D eigenvalue weighted by molar-refractivity contribution is 9.10. The molecule has 0 amide bonds. The molecule has 144 valence electrons. The second kappa shape index (κ2) is 8.43. The van der Waals surface area contributed by atoms with Crippen LogP contribution in [0.1, 0.15) is 0 Å². The predicted molar refractivity (Wildman–Crippen MR) is 134 cm³/mol. The zero-order chi connectivity index (χ0) is 20.3. The molecule has 0 saturated heterocycles. The molecule has 2 heteroatoms. The minimum absolute atomic E-state index is 1.09. The van der Waals surface area contributed by atoms with Crippen LogP contribution in [0.5, 0.6) is 0 Å². The van der Waals surface area contributed by atoms with Gasteiger partial charge in [-0.2, -0.15) is 0 Å². The topological polar surface area (TPSA) is 0 Å². The highest BCUT2D eigenvalue weighted by Gasteiger charge is 2.22. The molecule has 0 aliphatic heterocycles.